The first-order valence-electron chi connectivity index (χ1n) is 17.2. The molecule has 0 aromatic rings. The summed E-state index contributed by atoms with van der Waals surface area (Å²) in [5.41, 5.74) is 2.13. The van der Waals surface area contributed by atoms with Crippen LogP contribution in [-0.4, -0.2) is 74.6 Å². The van der Waals surface area contributed by atoms with Crippen LogP contribution in [0.4, 0.5) is 0 Å². The quantitative estimate of drug-likeness (QED) is 0.256. The van der Waals surface area contributed by atoms with Crippen LogP contribution in [0.2, 0.25) is 0 Å². The van der Waals surface area contributed by atoms with Crippen LogP contribution in [0.3, 0.4) is 0 Å². The van der Waals surface area contributed by atoms with E-state index in [0.717, 1.165) is 37.7 Å². The molecule has 0 aromatic carbocycles. The van der Waals surface area contributed by atoms with Crippen LogP contribution in [0, 0.1) is 46.3 Å². The van der Waals surface area contributed by atoms with Crippen molar-refractivity contribution in [3.8, 4) is 0 Å². The molecule has 1 aliphatic heterocycles. The van der Waals surface area contributed by atoms with Gasteiger partial charge in [-0.3, -0.25) is 0 Å². The highest BCUT2D eigenvalue weighted by Crippen LogP contribution is 2.69. The Morgan fingerprint density at radius 2 is 1.77 bits per heavy atom. The summed E-state index contributed by atoms with van der Waals surface area (Å²) >= 11 is 0. The lowest BCUT2D eigenvalue weighted by Gasteiger charge is -2.54. The normalized spacial score (nSPS) is 48.5. The van der Waals surface area contributed by atoms with E-state index in [1.54, 1.807) is 0 Å². The van der Waals surface area contributed by atoms with Gasteiger partial charge < -0.3 is 35.0 Å². The van der Waals surface area contributed by atoms with Gasteiger partial charge >= 0.3 is 0 Å². The van der Waals surface area contributed by atoms with E-state index in [1.165, 1.54) is 18.4 Å². The summed E-state index contributed by atoms with van der Waals surface area (Å²) in [6.07, 6.45) is 7.55. The maximum absolute atomic E-state index is 12.2. The Morgan fingerprint density at radius 3 is 2.44 bits per heavy atom. The molecule has 0 unspecified atom stereocenters. The molecular formula is C36H60O7. The fourth-order valence-corrected chi connectivity index (χ4v) is 10.8. The minimum absolute atomic E-state index is 0.0677. The molecule has 7 heteroatoms. The Morgan fingerprint density at radius 1 is 1.05 bits per heavy atom. The predicted octanol–water partition coefficient (Wildman–Crippen LogP) is 5.13. The lowest BCUT2D eigenvalue weighted by Crippen LogP contribution is -2.56. The van der Waals surface area contributed by atoms with E-state index < -0.39 is 30.2 Å². The number of rotatable bonds is 7. The first-order chi connectivity index (χ1) is 20.2. The number of ether oxygens (including phenoxy) is 2. The minimum atomic E-state index is -1.30. The van der Waals surface area contributed by atoms with Gasteiger partial charge in [0.2, 0.25) is 0 Å². The third-order valence-electron chi connectivity index (χ3n) is 13.6. The van der Waals surface area contributed by atoms with Gasteiger partial charge in [0.25, 0.3) is 0 Å². The van der Waals surface area contributed by atoms with E-state index in [-0.39, 0.29) is 41.5 Å². The zero-order chi connectivity index (χ0) is 31.5. The lowest BCUT2D eigenvalue weighted by atomic mass is 9.51. The molecule has 0 aromatic heterocycles. The Balaban J connectivity index is 1.31. The van der Waals surface area contributed by atoms with Gasteiger partial charge in [-0.1, -0.05) is 59.3 Å². The molecule has 0 spiro atoms. The zero-order valence-electron chi connectivity index (χ0n) is 27.7. The monoisotopic (exact) mass is 604 g/mol. The topological polar surface area (TPSA) is 120 Å². The van der Waals surface area contributed by atoms with Gasteiger partial charge in [0.15, 0.2) is 6.29 Å². The number of fused-ring (bicyclic) bond motifs is 4. The highest BCUT2D eigenvalue weighted by atomic mass is 16.7. The van der Waals surface area contributed by atoms with E-state index in [9.17, 15) is 25.5 Å². The Kier molecular flexibility index (Phi) is 9.70. The fourth-order valence-electron chi connectivity index (χ4n) is 10.8. The van der Waals surface area contributed by atoms with Gasteiger partial charge in [-0.25, -0.2) is 0 Å². The van der Waals surface area contributed by atoms with E-state index >= 15 is 0 Å². The molecule has 0 radical (unpaired) electrons. The Labute approximate surface area is 259 Å². The van der Waals surface area contributed by atoms with Crippen LogP contribution >= 0.6 is 0 Å². The van der Waals surface area contributed by atoms with Crippen molar-refractivity contribution in [1.82, 2.24) is 0 Å². The molecule has 1 heterocycles. The second-order valence-electron chi connectivity index (χ2n) is 16.0. The van der Waals surface area contributed by atoms with Crippen molar-refractivity contribution < 1.29 is 35.0 Å². The summed E-state index contributed by atoms with van der Waals surface area (Å²) in [5.74, 6) is 1.92. The van der Waals surface area contributed by atoms with Crippen LogP contribution < -0.4 is 0 Å². The maximum atomic E-state index is 12.2. The molecule has 7 nitrogen and oxygen atoms in total. The third-order valence-corrected chi connectivity index (χ3v) is 13.6. The summed E-state index contributed by atoms with van der Waals surface area (Å²) in [6.45, 7) is 15.9. The molecule has 246 valence electrons. The van der Waals surface area contributed by atoms with Crippen molar-refractivity contribution in [2.45, 2.75) is 149 Å². The number of hydrogen-bond acceptors (Lipinski definition) is 7. The van der Waals surface area contributed by atoms with Gasteiger partial charge in [-0.15, -0.1) is 0 Å². The van der Waals surface area contributed by atoms with Crippen molar-refractivity contribution >= 4 is 0 Å². The molecule has 5 rings (SSSR count). The van der Waals surface area contributed by atoms with Crippen LogP contribution in [-0.2, 0) is 9.47 Å². The standard InChI is InChI=1S/C36H60O7/c1-8-24(20(2)3)28(37)17-21(4)25-12-15-35(7)27-10-9-26-22(5)30(43-33-32(40)31(39)29(38)19-42-33)13-16-36(26,41)18-23(27)11-14-34(25,35)6/h8,11,20-22,25-33,37-41H,9-10,12-19H2,1-7H3/b24-8+/t21-,22+,25-,26+,27-,28-,29+,30+,31+,32-,33+,34-,35+,36+/m1/s1. The highest BCUT2D eigenvalue weighted by molar-refractivity contribution is 5.27. The minimum Gasteiger partial charge on any atom is -0.389 e. The second kappa shape index (κ2) is 12.4. The Bertz CT molecular complexity index is 1060. The molecule has 5 aliphatic rings. The molecule has 1 saturated heterocycles. The Hall–Kier alpha value is -0.800. The van der Waals surface area contributed by atoms with Crippen molar-refractivity contribution in [2.75, 3.05) is 6.61 Å². The summed E-state index contributed by atoms with van der Waals surface area (Å²) in [5, 5.41) is 53.8. The molecular weight excluding hydrogens is 544 g/mol. The lowest BCUT2D eigenvalue weighted by molar-refractivity contribution is -0.295. The van der Waals surface area contributed by atoms with Crippen LogP contribution in [0.1, 0.15) is 106 Å². The van der Waals surface area contributed by atoms with Gasteiger partial charge in [-0.05, 0) is 117 Å². The van der Waals surface area contributed by atoms with Gasteiger partial charge in [0, 0.05) is 0 Å². The van der Waals surface area contributed by atoms with E-state index in [4.69, 9.17) is 9.47 Å². The van der Waals surface area contributed by atoms with E-state index in [0.29, 0.717) is 36.5 Å². The summed E-state index contributed by atoms with van der Waals surface area (Å²) in [7, 11) is 0. The number of allylic oxidation sites excluding steroid dienone is 2. The molecule has 5 N–H and O–H groups in total. The maximum Gasteiger partial charge on any atom is 0.186 e. The predicted molar refractivity (Wildman–Crippen MR) is 167 cm³/mol. The van der Waals surface area contributed by atoms with E-state index in [1.807, 2.05) is 6.92 Å². The SMILES string of the molecule is C/C=C(\C(C)C)[C@H](O)C[C@@H](C)[C@H]1CC[C@@]2(C)[C@@H]3CC[C@H]4[C@H](C)[C@@H](O[C@@H]5OC[C@H](O)[C@H](O)[C@H]5O)CC[C@]4(O)CC3=CC[C@]12C. The first-order valence-corrected chi connectivity index (χ1v) is 17.2. The highest BCUT2D eigenvalue weighted by Gasteiger charge is 2.62. The summed E-state index contributed by atoms with van der Waals surface area (Å²) < 4.78 is 11.8. The molecule has 43 heavy (non-hydrogen) atoms. The average molecular weight is 605 g/mol. The second-order valence-corrected chi connectivity index (χ2v) is 16.0. The number of aliphatic hydroxyl groups is 5. The van der Waals surface area contributed by atoms with Crippen molar-refractivity contribution in [3.63, 3.8) is 0 Å². The number of aliphatic hydroxyl groups excluding tert-OH is 4. The van der Waals surface area contributed by atoms with Crippen molar-refractivity contribution in [3.05, 3.63) is 23.3 Å². The average Bonchev–Trinajstić information content (AvgIpc) is 3.11. The molecule has 0 amide bonds. The summed E-state index contributed by atoms with van der Waals surface area (Å²) in [6, 6.07) is 0. The molecule has 14 atom stereocenters. The zero-order valence-corrected chi connectivity index (χ0v) is 27.7. The smallest absolute Gasteiger partial charge is 0.186 e. The van der Waals surface area contributed by atoms with Crippen molar-refractivity contribution in [2.24, 2.45) is 46.3 Å². The molecule has 3 saturated carbocycles. The largest absolute Gasteiger partial charge is 0.389 e. The van der Waals surface area contributed by atoms with Gasteiger partial charge in [0.05, 0.1) is 24.4 Å². The third kappa shape index (κ3) is 5.72. The summed E-state index contributed by atoms with van der Waals surface area (Å²) in [4.78, 5) is 0. The van der Waals surface area contributed by atoms with Crippen LogP contribution in [0.15, 0.2) is 23.3 Å². The molecule has 4 fully saturated rings. The van der Waals surface area contributed by atoms with Crippen molar-refractivity contribution in [1.29, 1.82) is 0 Å². The molecule has 0 bridgehead atoms. The van der Waals surface area contributed by atoms with Gasteiger partial charge in [-0.2, -0.15) is 0 Å². The van der Waals surface area contributed by atoms with Crippen LogP contribution in [0.5, 0.6) is 0 Å². The molecule has 4 aliphatic carbocycles. The first kappa shape index (κ1) is 33.6. The van der Waals surface area contributed by atoms with E-state index in [2.05, 4.69) is 53.7 Å². The fraction of sp³-hybridized carbons (Fsp3) is 0.889. The van der Waals surface area contributed by atoms with Gasteiger partial charge in [0.1, 0.15) is 18.3 Å². The van der Waals surface area contributed by atoms with Crippen LogP contribution in [0.25, 0.3) is 0 Å². The number of hydrogen-bond donors (Lipinski definition) is 5.